The maximum absolute atomic E-state index is 12.8. The van der Waals surface area contributed by atoms with E-state index >= 15 is 0 Å². The molecule has 0 saturated heterocycles. The number of hydrogen-bond donors (Lipinski definition) is 2. The molecular formula is C20H17N9O4. The van der Waals surface area contributed by atoms with E-state index < -0.39 is 10.8 Å². The summed E-state index contributed by atoms with van der Waals surface area (Å²) in [5, 5.41) is 30.0. The first-order valence-corrected chi connectivity index (χ1v) is 9.69. The van der Waals surface area contributed by atoms with Gasteiger partial charge in [0.25, 0.3) is 11.6 Å². The van der Waals surface area contributed by atoms with Gasteiger partial charge in [-0.1, -0.05) is 36.4 Å². The number of nitrogen functional groups attached to an aromatic ring is 1. The molecule has 13 heteroatoms. The molecule has 33 heavy (non-hydrogen) atoms. The van der Waals surface area contributed by atoms with Gasteiger partial charge in [-0.15, -0.1) is 5.10 Å². The number of hydrazone groups is 1. The molecule has 2 heterocycles. The van der Waals surface area contributed by atoms with Crippen LogP contribution < -0.4 is 11.2 Å². The van der Waals surface area contributed by atoms with E-state index in [0.717, 1.165) is 16.7 Å². The van der Waals surface area contributed by atoms with Crippen molar-refractivity contribution >= 4 is 23.6 Å². The van der Waals surface area contributed by atoms with Gasteiger partial charge in [0.1, 0.15) is 5.69 Å². The average Bonchev–Trinajstić information content (AvgIpc) is 3.45. The van der Waals surface area contributed by atoms with Gasteiger partial charge in [0.15, 0.2) is 5.69 Å². The summed E-state index contributed by atoms with van der Waals surface area (Å²) in [7, 11) is 0. The van der Waals surface area contributed by atoms with Crippen LogP contribution in [-0.4, -0.2) is 42.4 Å². The van der Waals surface area contributed by atoms with E-state index in [2.05, 4.69) is 42.7 Å². The lowest BCUT2D eigenvalue weighted by molar-refractivity contribution is -0.384. The maximum Gasteiger partial charge on any atom is 0.294 e. The molecule has 0 unspecified atom stereocenters. The number of aromatic nitrogens is 5. The van der Waals surface area contributed by atoms with Gasteiger partial charge in [0.05, 0.1) is 11.1 Å². The number of anilines is 1. The van der Waals surface area contributed by atoms with E-state index in [4.69, 9.17) is 5.73 Å². The minimum absolute atomic E-state index is 0.00872. The molecule has 0 aliphatic carbocycles. The third kappa shape index (κ3) is 4.41. The second kappa shape index (κ2) is 9.05. The summed E-state index contributed by atoms with van der Waals surface area (Å²) in [4.78, 5) is 23.3. The van der Waals surface area contributed by atoms with Gasteiger partial charge < -0.3 is 5.73 Å². The number of hydrogen-bond acceptors (Lipinski definition) is 10. The van der Waals surface area contributed by atoms with Crippen molar-refractivity contribution in [2.45, 2.75) is 13.3 Å². The molecule has 2 aromatic heterocycles. The fraction of sp³-hybridized carbons (Fsp3) is 0.100. The first-order chi connectivity index (χ1) is 16.0. The van der Waals surface area contributed by atoms with Crippen LogP contribution in [0.15, 0.2) is 58.3 Å². The Morgan fingerprint density at radius 3 is 2.55 bits per heavy atom. The number of aryl methyl sites for hydroxylation is 1. The number of nitro groups is 1. The van der Waals surface area contributed by atoms with E-state index in [9.17, 15) is 14.9 Å². The zero-order chi connectivity index (χ0) is 23.4. The van der Waals surface area contributed by atoms with Gasteiger partial charge in [-0.3, -0.25) is 14.9 Å². The molecule has 13 nitrogen and oxygen atoms in total. The summed E-state index contributed by atoms with van der Waals surface area (Å²) in [5.74, 6) is -0.732. The number of rotatable bonds is 7. The standard InChI is InChI=1S/C20H17N9O4/c1-2-12-3-5-13(6-4-12)11-22-24-20(30)16-17(14-7-9-15(10-8-14)29(31)32)28(27-23-16)19-18(21)25-33-26-19/h3-11H,2H2,1H3,(H2,21,25)(H,24,30)/b22-11-. The number of nitrogens with two attached hydrogens (primary N) is 1. The van der Waals surface area contributed by atoms with E-state index in [1.54, 1.807) is 0 Å². The summed E-state index contributed by atoms with van der Waals surface area (Å²) >= 11 is 0. The van der Waals surface area contributed by atoms with Gasteiger partial charge in [-0.05, 0) is 40.0 Å². The summed E-state index contributed by atoms with van der Waals surface area (Å²) < 4.78 is 5.78. The van der Waals surface area contributed by atoms with Gasteiger partial charge in [0.2, 0.25) is 11.6 Å². The van der Waals surface area contributed by atoms with E-state index in [1.807, 2.05) is 24.3 Å². The number of benzene rings is 2. The molecule has 0 aliphatic heterocycles. The molecule has 0 saturated carbocycles. The predicted molar refractivity (Wildman–Crippen MR) is 117 cm³/mol. The molecule has 0 fully saturated rings. The Morgan fingerprint density at radius 1 is 1.21 bits per heavy atom. The molecule has 4 aromatic rings. The highest BCUT2D eigenvalue weighted by molar-refractivity contribution is 5.98. The normalized spacial score (nSPS) is 11.1. The van der Waals surface area contributed by atoms with Crippen molar-refractivity contribution in [2.75, 3.05) is 5.73 Å². The molecule has 2 aromatic carbocycles. The molecule has 0 spiro atoms. The van der Waals surface area contributed by atoms with Crippen LogP contribution in [0, 0.1) is 10.1 Å². The maximum atomic E-state index is 12.8. The van der Waals surface area contributed by atoms with Crippen molar-refractivity contribution < 1.29 is 14.3 Å². The number of nitrogens with one attached hydrogen (secondary N) is 1. The van der Waals surface area contributed by atoms with E-state index in [1.165, 1.54) is 36.0 Å². The van der Waals surface area contributed by atoms with Crippen LogP contribution in [0.2, 0.25) is 0 Å². The van der Waals surface area contributed by atoms with Crippen LogP contribution in [0.25, 0.3) is 17.1 Å². The molecule has 1 amide bonds. The highest BCUT2D eigenvalue weighted by atomic mass is 16.6. The van der Waals surface area contributed by atoms with Crippen LogP contribution >= 0.6 is 0 Å². The van der Waals surface area contributed by atoms with Crippen LogP contribution in [0.5, 0.6) is 0 Å². The SMILES string of the molecule is CCc1ccc(/C=N\NC(=O)c2nnn(-c3nonc3N)c2-c2ccc([N+](=O)[O-])cc2)cc1. The zero-order valence-corrected chi connectivity index (χ0v) is 17.2. The molecule has 0 bridgehead atoms. The largest absolute Gasteiger partial charge is 0.378 e. The van der Waals surface area contributed by atoms with Gasteiger partial charge in [-0.25, -0.2) is 10.1 Å². The zero-order valence-electron chi connectivity index (χ0n) is 17.2. The van der Waals surface area contributed by atoms with Crippen molar-refractivity contribution in [3.05, 3.63) is 75.5 Å². The Balaban J connectivity index is 1.66. The van der Waals surface area contributed by atoms with Crippen molar-refractivity contribution in [3.8, 4) is 17.1 Å². The average molecular weight is 447 g/mol. The van der Waals surface area contributed by atoms with Crippen LogP contribution in [-0.2, 0) is 6.42 Å². The number of nitro benzene ring substituents is 1. The Labute approximate surface area is 186 Å². The molecule has 4 rings (SSSR count). The highest BCUT2D eigenvalue weighted by Gasteiger charge is 2.25. The van der Waals surface area contributed by atoms with Crippen molar-refractivity contribution in [2.24, 2.45) is 5.10 Å². The third-order valence-corrected chi connectivity index (χ3v) is 4.70. The first kappa shape index (κ1) is 21.3. The summed E-state index contributed by atoms with van der Waals surface area (Å²) in [6.45, 7) is 2.06. The quantitative estimate of drug-likeness (QED) is 0.244. The lowest BCUT2D eigenvalue weighted by Gasteiger charge is -2.05. The predicted octanol–water partition coefficient (Wildman–Crippen LogP) is 2.13. The first-order valence-electron chi connectivity index (χ1n) is 9.69. The summed E-state index contributed by atoms with van der Waals surface area (Å²) in [6.07, 6.45) is 2.41. The molecule has 166 valence electrons. The Hall–Kier alpha value is -4.94. The minimum atomic E-state index is -0.661. The smallest absolute Gasteiger partial charge is 0.294 e. The molecule has 0 aliphatic rings. The molecule has 3 N–H and O–H groups in total. The van der Waals surface area contributed by atoms with E-state index in [-0.39, 0.29) is 28.7 Å². The van der Waals surface area contributed by atoms with Gasteiger partial charge in [-0.2, -0.15) is 9.78 Å². The van der Waals surface area contributed by atoms with Crippen LogP contribution in [0.4, 0.5) is 11.5 Å². The lowest BCUT2D eigenvalue weighted by atomic mass is 10.1. The topological polar surface area (TPSA) is 180 Å². The number of carbonyl (C=O) groups excluding carboxylic acids is 1. The second-order valence-corrected chi connectivity index (χ2v) is 6.77. The third-order valence-electron chi connectivity index (χ3n) is 4.70. The van der Waals surface area contributed by atoms with Gasteiger partial charge in [0, 0.05) is 17.7 Å². The monoisotopic (exact) mass is 447 g/mol. The Bertz CT molecular complexity index is 1320. The number of non-ortho nitro benzene ring substituents is 1. The van der Waals surface area contributed by atoms with E-state index in [0.29, 0.717) is 5.56 Å². The van der Waals surface area contributed by atoms with Crippen molar-refractivity contribution in [1.29, 1.82) is 0 Å². The highest BCUT2D eigenvalue weighted by Crippen LogP contribution is 2.28. The Kier molecular flexibility index (Phi) is 5.84. The fourth-order valence-corrected chi connectivity index (χ4v) is 2.98. The molecule has 0 radical (unpaired) electrons. The lowest BCUT2D eigenvalue weighted by Crippen LogP contribution is -2.19. The summed E-state index contributed by atoms with van der Waals surface area (Å²) in [6, 6.07) is 13.2. The van der Waals surface area contributed by atoms with Gasteiger partial charge >= 0.3 is 0 Å². The molecular weight excluding hydrogens is 430 g/mol. The second-order valence-electron chi connectivity index (χ2n) is 6.77. The fourth-order valence-electron chi connectivity index (χ4n) is 2.98. The van der Waals surface area contributed by atoms with Crippen LogP contribution in [0.1, 0.15) is 28.5 Å². The van der Waals surface area contributed by atoms with Crippen molar-refractivity contribution in [3.63, 3.8) is 0 Å². The number of amides is 1. The number of carbonyl (C=O) groups is 1. The Morgan fingerprint density at radius 2 is 1.94 bits per heavy atom. The molecule has 0 atom stereocenters. The number of nitrogens with zero attached hydrogens (tertiary/aromatic N) is 7. The van der Waals surface area contributed by atoms with Crippen molar-refractivity contribution in [1.82, 2.24) is 30.7 Å². The summed E-state index contributed by atoms with van der Waals surface area (Å²) in [5.41, 5.74) is 10.5. The minimum Gasteiger partial charge on any atom is -0.378 e. The van der Waals surface area contributed by atoms with Crippen LogP contribution in [0.3, 0.4) is 0 Å².